The highest BCUT2D eigenvalue weighted by Gasteiger charge is 2.35. The van der Waals surface area contributed by atoms with Gasteiger partial charge < -0.3 is 19.4 Å². The average molecular weight is 394 g/mol. The van der Waals surface area contributed by atoms with Crippen molar-refractivity contribution in [2.75, 3.05) is 13.1 Å². The number of pyridine rings is 1. The Labute approximate surface area is 166 Å². The fraction of sp³-hybridized carbons (Fsp3) is 0.500. The zero-order chi connectivity index (χ0) is 19.3. The maximum Gasteiger partial charge on any atom is 0.136 e. The Morgan fingerprint density at radius 3 is 2.79 bits per heavy atom. The fourth-order valence-electron chi connectivity index (χ4n) is 4.68. The van der Waals surface area contributed by atoms with Crippen molar-refractivity contribution >= 4 is 38.7 Å². The van der Waals surface area contributed by atoms with E-state index in [1.54, 1.807) is 11.3 Å². The molecular weight excluding hydrogens is 374 g/mol. The summed E-state index contributed by atoms with van der Waals surface area (Å²) >= 11 is 1.68. The molecule has 0 aromatic carbocycles. The van der Waals surface area contributed by atoms with Crippen molar-refractivity contribution in [1.82, 2.24) is 19.4 Å². The first-order valence-corrected chi connectivity index (χ1v) is 10.6. The van der Waals surface area contributed by atoms with E-state index in [9.17, 15) is 9.90 Å². The van der Waals surface area contributed by atoms with Crippen molar-refractivity contribution in [3.63, 3.8) is 0 Å². The molecule has 4 heterocycles. The third-order valence-corrected chi connectivity index (χ3v) is 7.13. The number of thiophene rings is 1. The Balaban J connectivity index is 1.57. The van der Waals surface area contributed by atoms with Crippen LogP contribution in [-0.2, 0) is 0 Å². The van der Waals surface area contributed by atoms with Crippen LogP contribution in [0.25, 0.3) is 21.3 Å². The third-order valence-electron chi connectivity index (χ3n) is 6.22. The number of hydrogen-bond donors (Lipinski definition) is 0. The standard InChI is InChI=1S/C20H21N5O2S/c21-7-5-12-1-3-14(4-2-12)25-17-16(9-22-15-6-8-28-18(15)17)23-19(25)13-10-24(11-13)20(26)27/h6,8-9,12-14H,1-5,10-11H2,(H,26,27)/p-1. The van der Waals surface area contributed by atoms with Crippen molar-refractivity contribution in [2.45, 2.75) is 44.1 Å². The first-order chi connectivity index (χ1) is 13.7. The lowest BCUT2D eigenvalue weighted by molar-refractivity contribution is -0.270. The van der Waals surface area contributed by atoms with E-state index < -0.39 is 6.09 Å². The first kappa shape index (κ1) is 17.4. The number of carbonyl (C=O) groups excluding carboxylic acids is 1. The molecule has 0 bridgehead atoms. The van der Waals surface area contributed by atoms with Crippen molar-refractivity contribution in [3.05, 3.63) is 23.5 Å². The van der Waals surface area contributed by atoms with Crippen LogP contribution in [0.3, 0.4) is 0 Å². The van der Waals surface area contributed by atoms with E-state index in [1.807, 2.05) is 12.3 Å². The fourth-order valence-corrected chi connectivity index (χ4v) is 5.57. The average Bonchev–Trinajstić information content (AvgIpc) is 3.25. The van der Waals surface area contributed by atoms with E-state index in [1.165, 1.54) is 4.90 Å². The molecule has 8 heteroatoms. The number of nitrogens with zero attached hydrogens (tertiary/aromatic N) is 5. The minimum absolute atomic E-state index is 0.0946. The number of likely N-dealkylation sites (tertiary alicyclic amines) is 1. The van der Waals surface area contributed by atoms with E-state index in [0.717, 1.165) is 52.8 Å². The molecule has 1 saturated heterocycles. The van der Waals surface area contributed by atoms with Gasteiger partial charge >= 0.3 is 0 Å². The summed E-state index contributed by atoms with van der Waals surface area (Å²) in [6, 6.07) is 4.67. The normalized spacial score (nSPS) is 23.0. The van der Waals surface area contributed by atoms with Gasteiger partial charge in [0, 0.05) is 25.6 Å². The molecule has 0 atom stereocenters. The predicted octanol–water partition coefficient (Wildman–Crippen LogP) is 3.03. The molecule has 1 aliphatic carbocycles. The highest BCUT2D eigenvalue weighted by molar-refractivity contribution is 7.18. The van der Waals surface area contributed by atoms with Gasteiger partial charge in [-0.15, -0.1) is 11.3 Å². The zero-order valence-electron chi connectivity index (χ0n) is 15.4. The largest absolute Gasteiger partial charge is 0.530 e. The molecule has 3 aromatic heterocycles. The molecule has 1 saturated carbocycles. The Bertz CT molecular complexity index is 1080. The van der Waals surface area contributed by atoms with Gasteiger partial charge in [-0.25, -0.2) is 4.98 Å². The summed E-state index contributed by atoms with van der Waals surface area (Å²) in [5, 5.41) is 22.2. The number of hydrogen-bond acceptors (Lipinski definition) is 6. The molecule has 28 heavy (non-hydrogen) atoms. The smallest absolute Gasteiger partial charge is 0.136 e. The molecule has 0 radical (unpaired) electrons. The minimum Gasteiger partial charge on any atom is -0.530 e. The molecule has 3 aromatic rings. The second kappa shape index (κ2) is 6.74. The lowest BCUT2D eigenvalue weighted by atomic mass is 9.84. The minimum atomic E-state index is -1.11. The van der Waals surface area contributed by atoms with Crippen LogP contribution >= 0.6 is 11.3 Å². The van der Waals surface area contributed by atoms with Gasteiger partial charge in [-0.1, -0.05) is 0 Å². The third kappa shape index (κ3) is 2.73. The Morgan fingerprint density at radius 2 is 2.07 bits per heavy atom. The molecule has 2 fully saturated rings. The van der Waals surface area contributed by atoms with Crippen molar-refractivity contribution in [2.24, 2.45) is 5.92 Å². The molecule has 2 aliphatic rings. The Kier molecular flexibility index (Phi) is 4.20. The Hall–Kier alpha value is -2.66. The summed E-state index contributed by atoms with van der Waals surface area (Å²) in [4.78, 5) is 21.9. The van der Waals surface area contributed by atoms with Crippen molar-refractivity contribution in [1.29, 1.82) is 5.26 Å². The van der Waals surface area contributed by atoms with Crippen LogP contribution in [0.2, 0.25) is 0 Å². The summed E-state index contributed by atoms with van der Waals surface area (Å²) < 4.78 is 3.52. The summed E-state index contributed by atoms with van der Waals surface area (Å²) in [6.07, 6.45) is 5.50. The topological polar surface area (TPSA) is 97.9 Å². The zero-order valence-corrected chi connectivity index (χ0v) is 16.2. The van der Waals surface area contributed by atoms with Gasteiger partial charge in [0.05, 0.1) is 33.9 Å². The summed E-state index contributed by atoms with van der Waals surface area (Å²) in [5.41, 5.74) is 3.00. The van der Waals surface area contributed by atoms with E-state index in [4.69, 9.17) is 10.2 Å². The molecule has 0 unspecified atom stereocenters. The molecule has 5 rings (SSSR count). The predicted molar refractivity (Wildman–Crippen MR) is 104 cm³/mol. The van der Waals surface area contributed by atoms with E-state index >= 15 is 0 Å². The van der Waals surface area contributed by atoms with E-state index in [2.05, 4.69) is 21.0 Å². The highest BCUT2D eigenvalue weighted by atomic mass is 32.1. The SMILES string of the molecule is N#CCC1CCC(n2c(C3CN(C(=O)[O-])C3)nc3cnc4ccsc4c32)CC1. The summed E-state index contributed by atoms with van der Waals surface area (Å²) in [7, 11) is 0. The first-order valence-electron chi connectivity index (χ1n) is 9.72. The van der Waals surface area contributed by atoms with Crippen LogP contribution in [-0.4, -0.2) is 38.6 Å². The molecule has 7 nitrogen and oxygen atoms in total. The lowest BCUT2D eigenvalue weighted by Crippen LogP contribution is -2.54. The number of fused-ring (bicyclic) bond motifs is 3. The summed E-state index contributed by atoms with van der Waals surface area (Å²) in [5.74, 6) is 1.55. The van der Waals surface area contributed by atoms with Crippen LogP contribution in [0.5, 0.6) is 0 Å². The number of amides is 1. The van der Waals surface area contributed by atoms with Gasteiger partial charge in [0.1, 0.15) is 17.4 Å². The quantitative estimate of drug-likeness (QED) is 0.680. The van der Waals surface area contributed by atoms with Gasteiger partial charge in [0.25, 0.3) is 0 Å². The van der Waals surface area contributed by atoms with Crippen molar-refractivity contribution in [3.8, 4) is 6.07 Å². The molecule has 1 aliphatic heterocycles. The maximum atomic E-state index is 11.1. The number of aromatic nitrogens is 3. The van der Waals surface area contributed by atoms with Gasteiger partial charge in [-0.2, -0.15) is 5.26 Å². The number of nitriles is 1. The highest BCUT2D eigenvalue weighted by Crippen LogP contribution is 2.41. The second-order valence-electron chi connectivity index (χ2n) is 7.87. The van der Waals surface area contributed by atoms with Crippen LogP contribution in [0, 0.1) is 17.2 Å². The van der Waals surface area contributed by atoms with Gasteiger partial charge in [0.15, 0.2) is 0 Å². The molecule has 1 amide bonds. The number of imidazole rings is 1. The van der Waals surface area contributed by atoms with Crippen LogP contribution < -0.4 is 5.11 Å². The molecule has 0 spiro atoms. The number of rotatable bonds is 3. The second-order valence-corrected chi connectivity index (χ2v) is 8.79. The lowest BCUT2D eigenvalue weighted by Gasteiger charge is -2.41. The number of carbonyl (C=O) groups is 1. The van der Waals surface area contributed by atoms with E-state index in [-0.39, 0.29) is 5.92 Å². The number of carboxylic acid groups (broad SMARTS) is 1. The monoisotopic (exact) mass is 394 g/mol. The molecule has 144 valence electrons. The van der Waals surface area contributed by atoms with Gasteiger partial charge in [-0.3, -0.25) is 4.98 Å². The Morgan fingerprint density at radius 1 is 1.29 bits per heavy atom. The molecular formula is C20H20N5O2S-. The van der Waals surface area contributed by atoms with Crippen LogP contribution in [0.4, 0.5) is 4.79 Å². The van der Waals surface area contributed by atoms with E-state index in [0.29, 0.717) is 31.5 Å². The van der Waals surface area contributed by atoms with Crippen LogP contribution in [0.1, 0.15) is 49.9 Å². The van der Waals surface area contributed by atoms with Gasteiger partial charge in [-0.05, 0) is 43.0 Å². The molecule has 0 N–H and O–H groups in total. The van der Waals surface area contributed by atoms with Gasteiger partial charge in [0.2, 0.25) is 0 Å². The summed E-state index contributed by atoms with van der Waals surface area (Å²) in [6.45, 7) is 0.882. The maximum absolute atomic E-state index is 11.1. The van der Waals surface area contributed by atoms with Crippen molar-refractivity contribution < 1.29 is 9.90 Å². The van der Waals surface area contributed by atoms with Crippen LogP contribution in [0.15, 0.2) is 17.6 Å².